The summed E-state index contributed by atoms with van der Waals surface area (Å²) in [6.07, 6.45) is 3.44. The van der Waals surface area contributed by atoms with E-state index in [1.807, 2.05) is 88.0 Å². The number of rotatable bonds is 3. The molecule has 3 aromatic heterocycles. The van der Waals surface area contributed by atoms with Crippen LogP contribution in [0.2, 0.25) is 0 Å². The largest absolute Gasteiger partial charge is 2.00 e. The zero-order valence-corrected chi connectivity index (χ0v) is 22.7. The number of aromatic hydroxyl groups is 1. The number of aromatic nitrogens is 5. The number of phenolic OH excluding ortho intramolecular Hbond substituents is 1. The molecule has 0 unspecified atom stereocenters. The molecule has 0 saturated carbocycles. The van der Waals surface area contributed by atoms with Gasteiger partial charge in [-0.15, -0.1) is 6.07 Å². The molecule has 7 heteroatoms. The van der Waals surface area contributed by atoms with E-state index >= 15 is 0 Å². The summed E-state index contributed by atoms with van der Waals surface area (Å²) in [6.45, 7) is 0. The van der Waals surface area contributed by atoms with Crippen LogP contribution < -0.4 is 4.57 Å². The molecule has 0 amide bonds. The number of benzene rings is 5. The van der Waals surface area contributed by atoms with E-state index in [9.17, 15) is 5.11 Å². The predicted octanol–water partition coefficient (Wildman–Crippen LogP) is 5.96. The molecule has 0 bridgehead atoms. The molecule has 8 rings (SSSR count). The number of hydrogen-bond donors (Lipinski definition) is 1. The maximum atomic E-state index is 10.6. The Kier molecular flexibility index (Phi) is 5.39. The smallest absolute Gasteiger partial charge is 0.511 e. The molecule has 0 aliphatic rings. The third kappa shape index (κ3) is 3.45. The number of nitrogens with zero attached hydrogens (tertiary/aromatic N) is 5. The predicted molar refractivity (Wildman–Crippen MR) is 147 cm³/mol. The molecule has 0 radical (unpaired) electrons. The topological polar surface area (TPSA) is 51.3 Å². The van der Waals surface area contributed by atoms with E-state index in [0.29, 0.717) is 5.69 Å². The second-order valence-corrected chi connectivity index (χ2v) is 9.23. The Balaban J connectivity index is 0.00000253. The van der Waals surface area contributed by atoms with Gasteiger partial charge in [0.25, 0.3) is 6.33 Å². The molecule has 0 fully saturated rings. The minimum absolute atomic E-state index is 0. The van der Waals surface area contributed by atoms with Gasteiger partial charge in [0.1, 0.15) is 11.4 Å². The summed E-state index contributed by atoms with van der Waals surface area (Å²) < 4.78 is 8.22. The van der Waals surface area contributed by atoms with Crippen LogP contribution in [0.4, 0.5) is 0 Å². The van der Waals surface area contributed by atoms with Crippen LogP contribution in [0.3, 0.4) is 0 Å². The van der Waals surface area contributed by atoms with Gasteiger partial charge in [0.2, 0.25) is 5.78 Å². The van der Waals surface area contributed by atoms with Crippen molar-refractivity contribution in [2.75, 3.05) is 0 Å². The summed E-state index contributed by atoms with van der Waals surface area (Å²) in [4.78, 5) is 4.99. The van der Waals surface area contributed by atoms with Crippen LogP contribution in [0, 0.1) is 12.4 Å². The van der Waals surface area contributed by atoms with Gasteiger partial charge in [-0.25, -0.2) is 4.98 Å². The van der Waals surface area contributed by atoms with Gasteiger partial charge < -0.3 is 14.2 Å². The number of para-hydroxylation sites is 8. The summed E-state index contributed by atoms with van der Waals surface area (Å²) in [5, 5.41) is 10.6. The zero-order chi connectivity index (χ0) is 25.2. The second-order valence-electron chi connectivity index (χ2n) is 9.23. The van der Waals surface area contributed by atoms with E-state index < -0.39 is 0 Å². The van der Waals surface area contributed by atoms with Crippen molar-refractivity contribution in [1.82, 2.24) is 18.5 Å². The summed E-state index contributed by atoms with van der Waals surface area (Å²) in [5.41, 5.74) is 8.43. The van der Waals surface area contributed by atoms with Crippen LogP contribution in [0.15, 0.2) is 115 Å². The first-order chi connectivity index (χ1) is 18.8. The van der Waals surface area contributed by atoms with E-state index in [-0.39, 0.29) is 26.8 Å². The minimum Gasteiger partial charge on any atom is -0.511 e. The normalized spacial score (nSPS) is 11.5. The van der Waals surface area contributed by atoms with Gasteiger partial charge in [0.05, 0.1) is 33.1 Å². The van der Waals surface area contributed by atoms with Gasteiger partial charge >= 0.3 is 21.1 Å². The standard InChI is InChI=1S/C32H20N5O.Pt/c38-31-19-8-7-18-30(31)35-21-34(26-14-3-4-15-27(26)35)22-10-9-11-23(20-22)36-28-16-5-6-17-29(28)37-25-13-2-1-12-24(25)33-32(36)37;/h1-19,38H;/q-1;+2. The molecule has 0 aliphatic heterocycles. The zero-order valence-electron chi connectivity index (χ0n) is 20.5. The van der Waals surface area contributed by atoms with Crippen molar-refractivity contribution in [3.05, 3.63) is 128 Å². The van der Waals surface area contributed by atoms with Gasteiger partial charge in [0, 0.05) is 0 Å². The van der Waals surface area contributed by atoms with Crippen LogP contribution in [0.5, 0.6) is 5.75 Å². The van der Waals surface area contributed by atoms with Gasteiger partial charge in [-0.1, -0.05) is 66.4 Å². The Morgan fingerprint density at radius 1 is 0.667 bits per heavy atom. The van der Waals surface area contributed by atoms with Crippen molar-refractivity contribution < 1.29 is 30.7 Å². The summed E-state index contributed by atoms with van der Waals surface area (Å²) >= 11 is 0. The molecule has 39 heavy (non-hydrogen) atoms. The van der Waals surface area contributed by atoms with Gasteiger partial charge in [0.15, 0.2) is 0 Å². The molecule has 5 aromatic carbocycles. The fourth-order valence-electron chi connectivity index (χ4n) is 5.36. The number of phenols is 1. The van der Waals surface area contributed by atoms with Crippen molar-refractivity contribution in [2.45, 2.75) is 0 Å². The molecule has 8 aromatic rings. The maximum absolute atomic E-state index is 10.6. The first kappa shape index (κ1) is 23.4. The van der Waals surface area contributed by atoms with Crippen LogP contribution in [0.25, 0.3) is 55.9 Å². The van der Waals surface area contributed by atoms with E-state index in [2.05, 4.69) is 51.7 Å². The van der Waals surface area contributed by atoms with Crippen molar-refractivity contribution >= 4 is 38.9 Å². The van der Waals surface area contributed by atoms with Crippen molar-refractivity contribution in [1.29, 1.82) is 0 Å². The van der Waals surface area contributed by atoms with Crippen LogP contribution in [-0.4, -0.2) is 23.6 Å². The average molecular weight is 686 g/mol. The third-order valence-corrected chi connectivity index (χ3v) is 7.04. The van der Waals surface area contributed by atoms with E-state index in [0.717, 1.165) is 50.3 Å². The quantitative estimate of drug-likeness (QED) is 0.185. The molecule has 188 valence electrons. The Morgan fingerprint density at radius 3 is 2.21 bits per heavy atom. The summed E-state index contributed by atoms with van der Waals surface area (Å²) in [5.74, 6) is 1.04. The first-order valence-corrected chi connectivity index (χ1v) is 12.4. The van der Waals surface area contributed by atoms with Crippen LogP contribution in [0.1, 0.15) is 0 Å². The minimum atomic E-state index is 0. The SMILES string of the molecule is Oc1ccccc1-n1[c-][n+](-c2[c-]c(-n3c4ccccc4n4c5ccccc5nc34)ccc2)c2ccccc21.[Pt+2]. The van der Waals surface area contributed by atoms with Gasteiger partial charge in [-0.05, 0) is 42.1 Å². The monoisotopic (exact) mass is 685 g/mol. The fraction of sp³-hybridized carbons (Fsp3) is 0. The average Bonchev–Trinajstić information content (AvgIpc) is 3.62. The van der Waals surface area contributed by atoms with Crippen molar-refractivity contribution in [2.24, 2.45) is 0 Å². The number of hydrogen-bond acceptors (Lipinski definition) is 2. The van der Waals surface area contributed by atoms with Crippen molar-refractivity contribution in [3.8, 4) is 22.8 Å². The molecular weight excluding hydrogens is 665 g/mol. The Morgan fingerprint density at radius 2 is 1.36 bits per heavy atom. The number of fused-ring (bicyclic) bond motifs is 6. The van der Waals surface area contributed by atoms with Crippen LogP contribution in [-0.2, 0) is 21.1 Å². The molecular formula is C32H20N5OPt+. The molecule has 0 saturated heterocycles. The third-order valence-electron chi connectivity index (χ3n) is 7.04. The molecule has 1 N–H and O–H groups in total. The molecule has 0 atom stereocenters. The molecule has 0 spiro atoms. The Hall–Kier alpha value is -4.67. The molecule has 3 heterocycles. The maximum Gasteiger partial charge on any atom is 2.00 e. The van der Waals surface area contributed by atoms with E-state index in [4.69, 9.17) is 4.98 Å². The molecule has 0 aliphatic carbocycles. The van der Waals surface area contributed by atoms with E-state index in [1.165, 1.54) is 0 Å². The second kappa shape index (κ2) is 8.97. The summed E-state index contributed by atoms with van der Waals surface area (Å²) in [7, 11) is 0. The van der Waals surface area contributed by atoms with Gasteiger partial charge in [-0.2, -0.15) is 18.2 Å². The number of imidazole rings is 3. The first-order valence-electron chi connectivity index (χ1n) is 12.4. The van der Waals surface area contributed by atoms with Gasteiger partial charge in [-0.3, -0.25) is 8.97 Å². The fourth-order valence-corrected chi connectivity index (χ4v) is 5.36. The Labute approximate surface area is 237 Å². The molecule has 6 nitrogen and oxygen atoms in total. The summed E-state index contributed by atoms with van der Waals surface area (Å²) in [6, 6.07) is 41.6. The van der Waals surface area contributed by atoms with Crippen molar-refractivity contribution in [3.63, 3.8) is 0 Å². The van der Waals surface area contributed by atoms with E-state index in [1.54, 1.807) is 6.07 Å². The van der Waals surface area contributed by atoms with Crippen LogP contribution >= 0.6 is 0 Å². The Bertz CT molecular complexity index is 2170.